The van der Waals surface area contributed by atoms with Crippen LogP contribution in [-0.4, -0.2) is 34.2 Å². The van der Waals surface area contributed by atoms with Crippen LogP contribution >= 0.6 is 11.6 Å². The molecule has 0 atom stereocenters. The van der Waals surface area contributed by atoms with Gasteiger partial charge in [0, 0.05) is 23.4 Å². The second kappa shape index (κ2) is 10.3. The van der Waals surface area contributed by atoms with E-state index in [9.17, 15) is 22.4 Å². The summed E-state index contributed by atoms with van der Waals surface area (Å²) in [6.45, 7) is -0.140. The minimum Gasteiger partial charge on any atom is -0.474 e. The lowest BCUT2D eigenvalue weighted by Gasteiger charge is -2.12. The fourth-order valence-electron chi connectivity index (χ4n) is 3.13. The summed E-state index contributed by atoms with van der Waals surface area (Å²) in [7, 11) is 0. The first-order valence-corrected chi connectivity index (χ1v) is 10.7. The van der Waals surface area contributed by atoms with Crippen molar-refractivity contribution in [2.45, 2.75) is 6.18 Å². The third-order valence-electron chi connectivity index (χ3n) is 4.78. The molecule has 0 unspecified atom stereocenters. The van der Waals surface area contributed by atoms with Crippen molar-refractivity contribution in [2.75, 3.05) is 18.5 Å². The molecule has 0 aliphatic rings. The van der Waals surface area contributed by atoms with Gasteiger partial charge in [0.2, 0.25) is 5.88 Å². The van der Waals surface area contributed by atoms with Crippen LogP contribution in [0.3, 0.4) is 0 Å². The predicted octanol–water partition coefficient (Wildman–Crippen LogP) is 5.86. The maximum absolute atomic E-state index is 14.7. The molecule has 0 saturated carbocycles. The number of alkyl halides is 3. The van der Waals surface area contributed by atoms with E-state index in [0.29, 0.717) is 17.1 Å². The minimum atomic E-state index is -4.74. The monoisotopic (exact) mass is 521 g/mol. The van der Waals surface area contributed by atoms with Gasteiger partial charge in [-0.1, -0.05) is 11.6 Å². The zero-order chi connectivity index (χ0) is 25.9. The molecule has 186 valence electrons. The summed E-state index contributed by atoms with van der Waals surface area (Å²) in [5.41, 5.74) is -0.504. The zero-order valence-corrected chi connectivity index (χ0v) is 18.9. The second-order valence-electron chi connectivity index (χ2n) is 7.32. The van der Waals surface area contributed by atoms with Crippen molar-refractivity contribution in [1.29, 1.82) is 0 Å². The van der Waals surface area contributed by atoms with Crippen LogP contribution in [0.15, 0.2) is 60.8 Å². The van der Waals surface area contributed by atoms with Gasteiger partial charge in [-0.3, -0.25) is 4.79 Å². The van der Waals surface area contributed by atoms with Crippen LogP contribution in [0.2, 0.25) is 5.02 Å². The summed E-state index contributed by atoms with van der Waals surface area (Å²) in [6.07, 6.45) is -3.33. The molecule has 4 aromatic rings. The first-order valence-electron chi connectivity index (χ1n) is 10.3. The smallest absolute Gasteiger partial charge is 0.417 e. The number of carbonyl (C=O) groups is 1. The molecule has 0 bridgehead atoms. The van der Waals surface area contributed by atoms with E-state index in [-0.39, 0.29) is 41.8 Å². The molecular weight excluding hydrogens is 506 g/mol. The summed E-state index contributed by atoms with van der Waals surface area (Å²) in [5, 5.41) is 10.7. The Balaban J connectivity index is 1.49. The number of hydrogen-bond donors (Lipinski definition) is 2. The van der Waals surface area contributed by atoms with E-state index in [4.69, 9.17) is 26.2 Å². The molecule has 0 aliphatic carbocycles. The van der Waals surface area contributed by atoms with Crippen molar-refractivity contribution >= 4 is 34.2 Å². The summed E-state index contributed by atoms with van der Waals surface area (Å²) in [5.74, 6) is -1.43. The third-order valence-corrected chi connectivity index (χ3v) is 5.11. The van der Waals surface area contributed by atoms with Gasteiger partial charge in [-0.2, -0.15) is 13.2 Å². The van der Waals surface area contributed by atoms with Crippen molar-refractivity contribution < 1.29 is 36.9 Å². The highest BCUT2D eigenvalue weighted by Crippen LogP contribution is 2.35. The third kappa shape index (κ3) is 5.81. The maximum atomic E-state index is 14.7. The molecule has 0 spiro atoms. The number of carbonyl (C=O) groups excluding carboxylic acids is 1. The molecule has 3 aromatic carbocycles. The lowest BCUT2D eigenvalue weighted by Crippen LogP contribution is -2.14. The van der Waals surface area contributed by atoms with E-state index < -0.39 is 28.5 Å². The average molecular weight is 522 g/mol. The van der Waals surface area contributed by atoms with Crippen molar-refractivity contribution in [3.63, 3.8) is 0 Å². The SMILES string of the molecule is O=C(Nc1ccc(Oc2ccc3ncc(OCCO)nc3c2)c(F)c1)c1ccc(Cl)c(C(F)(F)F)c1. The first kappa shape index (κ1) is 25.1. The van der Waals surface area contributed by atoms with Gasteiger partial charge in [-0.25, -0.2) is 14.4 Å². The van der Waals surface area contributed by atoms with Crippen LogP contribution in [-0.2, 0) is 6.18 Å². The van der Waals surface area contributed by atoms with Gasteiger partial charge in [-0.05, 0) is 42.5 Å². The van der Waals surface area contributed by atoms with Crippen molar-refractivity contribution in [3.8, 4) is 17.4 Å². The van der Waals surface area contributed by atoms with Crippen LogP contribution in [0.25, 0.3) is 11.0 Å². The molecule has 0 radical (unpaired) electrons. The second-order valence-corrected chi connectivity index (χ2v) is 7.73. The van der Waals surface area contributed by atoms with Gasteiger partial charge in [-0.15, -0.1) is 0 Å². The number of aliphatic hydroxyl groups excluding tert-OH is 1. The van der Waals surface area contributed by atoms with Gasteiger partial charge in [0.1, 0.15) is 12.4 Å². The molecule has 1 amide bonds. The summed E-state index contributed by atoms with van der Waals surface area (Å²) in [4.78, 5) is 20.8. The maximum Gasteiger partial charge on any atom is 0.417 e. The molecule has 7 nitrogen and oxygen atoms in total. The van der Waals surface area contributed by atoms with E-state index in [1.54, 1.807) is 12.1 Å². The number of halogens is 5. The largest absolute Gasteiger partial charge is 0.474 e. The average Bonchev–Trinajstić information content (AvgIpc) is 2.83. The van der Waals surface area contributed by atoms with Gasteiger partial charge in [0.25, 0.3) is 5.91 Å². The van der Waals surface area contributed by atoms with Gasteiger partial charge in [0.15, 0.2) is 11.6 Å². The Morgan fingerprint density at radius 3 is 2.58 bits per heavy atom. The van der Waals surface area contributed by atoms with Crippen LogP contribution in [0, 0.1) is 5.82 Å². The van der Waals surface area contributed by atoms with Gasteiger partial charge >= 0.3 is 6.18 Å². The fourth-order valence-corrected chi connectivity index (χ4v) is 3.36. The van der Waals surface area contributed by atoms with Crippen LogP contribution < -0.4 is 14.8 Å². The van der Waals surface area contributed by atoms with Crippen molar-refractivity contribution in [3.05, 3.63) is 82.8 Å². The lowest BCUT2D eigenvalue weighted by molar-refractivity contribution is -0.137. The molecule has 12 heteroatoms. The Kier molecular flexibility index (Phi) is 7.22. The van der Waals surface area contributed by atoms with Crippen LogP contribution in [0.5, 0.6) is 17.4 Å². The molecule has 36 heavy (non-hydrogen) atoms. The number of anilines is 1. The molecule has 0 saturated heterocycles. The highest BCUT2D eigenvalue weighted by Gasteiger charge is 2.33. The number of nitrogens with one attached hydrogen (secondary N) is 1. The fraction of sp³-hybridized carbons (Fsp3) is 0.125. The van der Waals surface area contributed by atoms with E-state index in [2.05, 4.69) is 15.3 Å². The summed E-state index contributed by atoms with van der Waals surface area (Å²) >= 11 is 5.57. The summed E-state index contributed by atoms with van der Waals surface area (Å²) in [6, 6.07) is 11.0. The number of aliphatic hydroxyl groups is 1. The minimum absolute atomic E-state index is 0.00316. The van der Waals surface area contributed by atoms with Crippen LogP contribution in [0.4, 0.5) is 23.2 Å². The molecule has 2 N–H and O–H groups in total. The topological polar surface area (TPSA) is 93.6 Å². The van der Waals surface area contributed by atoms with Gasteiger partial charge < -0.3 is 19.9 Å². The van der Waals surface area contributed by atoms with Crippen molar-refractivity contribution in [1.82, 2.24) is 9.97 Å². The number of rotatable bonds is 7. The molecular formula is C24H16ClF4N3O4. The highest BCUT2D eigenvalue weighted by atomic mass is 35.5. The molecule has 0 aliphatic heterocycles. The zero-order valence-electron chi connectivity index (χ0n) is 18.1. The van der Waals surface area contributed by atoms with Crippen molar-refractivity contribution in [2.24, 2.45) is 0 Å². The molecule has 1 aromatic heterocycles. The van der Waals surface area contributed by atoms with Gasteiger partial charge in [0.05, 0.1) is 34.4 Å². The normalized spacial score (nSPS) is 11.4. The van der Waals surface area contributed by atoms with E-state index >= 15 is 0 Å². The van der Waals surface area contributed by atoms with Crippen LogP contribution in [0.1, 0.15) is 15.9 Å². The predicted molar refractivity (Wildman–Crippen MR) is 123 cm³/mol. The quantitative estimate of drug-likeness (QED) is 0.296. The highest BCUT2D eigenvalue weighted by molar-refractivity contribution is 6.31. The number of amides is 1. The number of hydrogen-bond acceptors (Lipinski definition) is 6. The lowest BCUT2D eigenvalue weighted by atomic mass is 10.1. The number of ether oxygens (including phenoxy) is 2. The number of nitrogens with zero attached hydrogens (tertiary/aromatic N) is 2. The summed E-state index contributed by atoms with van der Waals surface area (Å²) < 4.78 is 64.6. The molecule has 4 rings (SSSR count). The number of benzene rings is 3. The molecule has 0 fully saturated rings. The van der Waals surface area contributed by atoms with E-state index in [0.717, 1.165) is 18.2 Å². The van der Waals surface area contributed by atoms with E-state index in [1.807, 2.05) is 0 Å². The number of aromatic nitrogens is 2. The Morgan fingerprint density at radius 1 is 1.06 bits per heavy atom. The standard InChI is InChI=1S/C24H16ClF4N3O4/c25-17-4-1-13(9-16(17)24(27,28)29)23(34)31-14-2-6-21(18(26)10-14)36-15-3-5-19-20(11-15)32-22(12-30-19)35-8-7-33/h1-6,9-12,33H,7-8H2,(H,31,34). The Labute approximate surface area is 206 Å². The Hall–Kier alpha value is -3.96. The van der Waals surface area contributed by atoms with E-state index in [1.165, 1.54) is 24.4 Å². The first-order chi connectivity index (χ1) is 17.1. The Bertz CT molecular complexity index is 1430. The number of fused-ring (bicyclic) bond motifs is 1. The molecule has 1 heterocycles. The Morgan fingerprint density at radius 2 is 1.86 bits per heavy atom.